The molecule has 1 saturated carbocycles. The topological polar surface area (TPSA) is 20.3 Å². The lowest BCUT2D eigenvalue weighted by molar-refractivity contribution is -0.136. The van der Waals surface area contributed by atoms with Crippen molar-refractivity contribution in [2.75, 3.05) is 0 Å². The first-order chi connectivity index (χ1) is 11.0. The van der Waals surface area contributed by atoms with Crippen LogP contribution in [0.25, 0.3) is 0 Å². The fourth-order valence-corrected chi connectivity index (χ4v) is 3.17. The van der Waals surface area contributed by atoms with Crippen LogP contribution in [0.5, 0.6) is 0 Å². The molecule has 3 rings (SSSR count). The molecule has 0 heterocycles. The number of hydrogen-bond acceptors (Lipinski definition) is 1. The molecule has 2 aromatic rings. The van der Waals surface area contributed by atoms with E-state index in [1.54, 1.807) is 0 Å². The van der Waals surface area contributed by atoms with Crippen molar-refractivity contribution in [2.24, 2.45) is 0 Å². The van der Waals surface area contributed by atoms with E-state index in [0.29, 0.717) is 6.54 Å². The highest BCUT2D eigenvalue weighted by Crippen LogP contribution is 2.50. The highest BCUT2D eigenvalue weighted by molar-refractivity contribution is 5.91. The molecule has 1 aliphatic carbocycles. The average Bonchev–Trinajstić information content (AvgIpc) is 3.35. The van der Waals surface area contributed by atoms with Gasteiger partial charge < -0.3 is 4.90 Å². The Morgan fingerprint density at radius 2 is 1.65 bits per heavy atom. The van der Waals surface area contributed by atoms with Gasteiger partial charge in [-0.1, -0.05) is 60.2 Å². The zero-order valence-electron chi connectivity index (χ0n) is 14.3. The number of amides is 1. The summed E-state index contributed by atoms with van der Waals surface area (Å²) in [6.07, 6.45) is 1.93. The van der Waals surface area contributed by atoms with Crippen molar-refractivity contribution < 1.29 is 4.79 Å². The van der Waals surface area contributed by atoms with Crippen LogP contribution >= 0.6 is 0 Å². The normalized spacial score (nSPS) is 15.5. The Morgan fingerprint density at radius 1 is 1.04 bits per heavy atom. The molecular weight excluding hydrogens is 282 g/mol. The van der Waals surface area contributed by atoms with Crippen LogP contribution in [0.4, 0.5) is 0 Å². The lowest BCUT2D eigenvalue weighted by Gasteiger charge is -2.31. The van der Waals surface area contributed by atoms with E-state index in [9.17, 15) is 4.79 Å². The summed E-state index contributed by atoms with van der Waals surface area (Å²) < 4.78 is 0. The van der Waals surface area contributed by atoms with Gasteiger partial charge in [0.25, 0.3) is 0 Å². The van der Waals surface area contributed by atoms with Gasteiger partial charge in [-0.25, -0.2) is 0 Å². The third kappa shape index (κ3) is 3.17. The lowest BCUT2D eigenvalue weighted by atomic mass is 9.92. The Kier molecular flexibility index (Phi) is 4.25. The molecule has 1 amide bonds. The molecule has 23 heavy (non-hydrogen) atoms. The summed E-state index contributed by atoms with van der Waals surface area (Å²) >= 11 is 0. The van der Waals surface area contributed by atoms with Gasteiger partial charge in [0, 0.05) is 12.6 Å². The predicted molar refractivity (Wildman–Crippen MR) is 94.2 cm³/mol. The monoisotopic (exact) mass is 307 g/mol. The third-order valence-corrected chi connectivity index (χ3v) is 4.84. The largest absolute Gasteiger partial charge is 0.335 e. The lowest BCUT2D eigenvalue weighted by Crippen LogP contribution is -2.43. The molecule has 2 heteroatoms. The Hall–Kier alpha value is -2.09. The van der Waals surface area contributed by atoms with Crippen molar-refractivity contribution in [1.82, 2.24) is 4.90 Å². The van der Waals surface area contributed by atoms with Crippen molar-refractivity contribution in [2.45, 2.75) is 51.6 Å². The Balaban J connectivity index is 1.85. The summed E-state index contributed by atoms with van der Waals surface area (Å²) in [5.74, 6) is 0.278. The smallest absolute Gasteiger partial charge is 0.233 e. The van der Waals surface area contributed by atoms with E-state index in [-0.39, 0.29) is 17.4 Å². The van der Waals surface area contributed by atoms with Gasteiger partial charge in [-0.3, -0.25) is 4.79 Å². The minimum atomic E-state index is -0.285. The van der Waals surface area contributed by atoms with Gasteiger partial charge in [-0.15, -0.1) is 0 Å². The minimum Gasteiger partial charge on any atom is -0.335 e. The number of aryl methyl sites for hydroxylation is 1. The van der Waals surface area contributed by atoms with Crippen molar-refractivity contribution in [3.05, 3.63) is 71.3 Å². The van der Waals surface area contributed by atoms with E-state index in [0.717, 1.165) is 12.8 Å². The van der Waals surface area contributed by atoms with E-state index < -0.39 is 0 Å². The van der Waals surface area contributed by atoms with Gasteiger partial charge >= 0.3 is 0 Å². The van der Waals surface area contributed by atoms with Gasteiger partial charge in [0.1, 0.15) is 0 Å². The van der Waals surface area contributed by atoms with Crippen LogP contribution < -0.4 is 0 Å². The van der Waals surface area contributed by atoms with Gasteiger partial charge in [-0.2, -0.15) is 0 Å². The fraction of sp³-hybridized carbons (Fsp3) is 0.381. The summed E-state index contributed by atoms with van der Waals surface area (Å²) in [5, 5.41) is 0. The van der Waals surface area contributed by atoms with Crippen molar-refractivity contribution in [1.29, 1.82) is 0 Å². The maximum atomic E-state index is 13.3. The Labute approximate surface area is 139 Å². The molecule has 1 aliphatic rings. The summed E-state index contributed by atoms with van der Waals surface area (Å²) in [4.78, 5) is 15.3. The van der Waals surface area contributed by atoms with Gasteiger partial charge in [0.2, 0.25) is 5.91 Å². The van der Waals surface area contributed by atoms with Crippen LogP contribution in [0, 0.1) is 6.92 Å². The summed E-state index contributed by atoms with van der Waals surface area (Å²) in [7, 11) is 0. The molecule has 0 spiro atoms. The van der Waals surface area contributed by atoms with E-state index in [1.165, 1.54) is 16.7 Å². The van der Waals surface area contributed by atoms with E-state index >= 15 is 0 Å². The van der Waals surface area contributed by atoms with E-state index in [1.807, 2.05) is 23.1 Å². The minimum absolute atomic E-state index is 0.200. The third-order valence-electron chi connectivity index (χ3n) is 4.84. The van der Waals surface area contributed by atoms with Crippen LogP contribution in [-0.4, -0.2) is 16.8 Å². The standard InChI is InChI=1S/C21H25NO/c1-16(2)22(15-18-7-5-4-6-8-18)20(23)21(13-14-21)19-11-9-17(3)10-12-19/h4-12,16H,13-15H2,1-3H3. The molecule has 120 valence electrons. The van der Waals surface area contributed by atoms with Crippen LogP contribution in [-0.2, 0) is 16.8 Å². The Morgan fingerprint density at radius 3 is 2.17 bits per heavy atom. The van der Waals surface area contributed by atoms with Crippen molar-refractivity contribution >= 4 is 5.91 Å². The van der Waals surface area contributed by atoms with Gasteiger partial charge in [0.05, 0.1) is 5.41 Å². The molecule has 0 saturated heterocycles. The van der Waals surface area contributed by atoms with Crippen LogP contribution in [0.1, 0.15) is 43.4 Å². The SMILES string of the molecule is Cc1ccc(C2(C(=O)N(Cc3ccccc3)C(C)C)CC2)cc1. The van der Waals surface area contributed by atoms with Crippen LogP contribution in [0.2, 0.25) is 0 Å². The Bertz CT molecular complexity index is 669. The number of rotatable bonds is 5. The fourth-order valence-electron chi connectivity index (χ4n) is 3.17. The van der Waals surface area contributed by atoms with E-state index in [2.05, 4.69) is 57.2 Å². The highest BCUT2D eigenvalue weighted by atomic mass is 16.2. The zero-order valence-corrected chi connectivity index (χ0v) is 14.3. The first-order valence-electron chi connectivity index (χ1n) is 8.45. The summed E-state index contributed by atoms with van der Waals surface area (Å²) in [6.45, 7) is 6.98. The first kappa shape index (κ1) is 15.8. The van der Waals surface area contributed by atoms with Gasteiger partial charge in [0.15, 0.2) is 0 Å². The zero-order chi connectivity index (χ0) is 16.4. The highest BCUT2D eigenvalue weighted by Gasteiger charge is 2.53. The molecule has 0 aromatic heterocycles. The molecule has 0 N–H and O–H groups in total. The number of hydrogen-bond donors (Lipinski definition) is 0. The van der Waals surface area contributed by atoms with Crippen molar-refractivity contribution in [3.8, 4) is 0 Å². The number of carbonyl (C=O) groups is 1. The maximum absolute atomic E-state index is 13.3. The van der Waals surface area contributed by atoms with Crippen LogP contribution in [0.3, 0.4) is 0 Å². The number of nitrogens with zero attached hydrogens (tertiary/aromatic N) is 1. The molecule has 0 atom stereocenters. The number of carbonyl (C=O) groups excluding carboxylic acids is 1. The average molecular weight is 307 g/mol. The van der Waals surface area contributed by atoms with E-state index in [4.69, 9.17) is 0 Å². The molecular formula is C21H25NO. The first-order valence-corrected chi connectivity index (χ1v) is 8.45. The predicted octanol–water partition coefficient (Wildman–Crippen LogP) is 4.46. The second-order valence-corrected chi connectivity index (χ2v) is 6.96. The molecule has 0 unspecified atom stereocenters. The second-order valence-electron chi connectivity index (χ2n) is 6.96. The van der Waals surface area contributed by atoms with Gasteiger partial charge in [-0.05, 0) is 44.7 Å². The molecule has 0 bridgehead atoms. The molecule has 2 aromatic carbocycles. The second kappa shape index (κ2) is 6.19. The number of benzene rings is 2. The molecule has 0 aliphatic heterocycles. The molecule has 2 nitrogen and oxygen atoms in total. The van der Waals surface area contributed by atoms with Crippen LogP contribution in [0.15, 0.2) is 54.6 Å². The van der Waals surface area contributed by atoms with Crippen molar-refractivity contribution in [3.63, 3.8) is 0 Å². The summed E-state index contributed by atoms with van der Waals surface area (Å²) in [5.41, 5.74) is 3.32. The molecule has 0 radical (unpaired) electrons. The quantitative estimate of drug-likeness (QED) is 0.798. The molecule has 1 fully saturated rings. The maximum Gasteiger partial charge on any atom is 0.233 e. The summed E-state index contributed by atoms with van der Waals surface area (Å²) in [6, 6.07) is 18.9.